The van der Waals surface area contributed by atoms with Crippen LogP contribution >= 0.6 is 11.6 Å². The van der Waals surface area contributed by atoms with Gasteiger partial charge < -0.3 is 4.42 Å². The molecule has 0 bridgehead atoms. The molecule has 0 aliphatic heterocycles. The van der Waals surface area contributed by atoms with Gasteiger partial charge in [0.1, 0.15) is 16.4 Å². The van der Waals surface area contributed by atoms with Crippen LogP contribution in [0.3, 0.4) is 0 Å². The van der Waals surface area contributed by atoms with Gasteiger partial charge in [-0.1, -0.05) is 11.6 Å². The fourth-order valence-electron chi connectivity index (χ4n) is 1.61. The number of rotatable bonds is 4. The van der Waals surface area contributed by atoms with Crippen molar-refractivity contribution in [2.45, 2.75) is 18.4 Å². The molecule has 1 N–H and O–H groups in total. The predicted octanol–water partition coefficient (Wildman–Crippen LogP) is 2.59. The Hall–Kier alpha value is -1.81. The first kappa shape index (κ1) is 14.6. The summed E-state index contributed by atoms with van der Waals surface area (Å²) in [4.78, 5) is -0.0681. The Morgan fingerprint density at radius 1 is 1.35 bits per heavy atom. The van der Waals surface area contributed by atoms with Gasteiger partial charge in [0.25, 0.3) is 0 Å². The molecule has 0 unspecified atom stereocenters. The Bertz CT molecular complexity index is 775. The summed E-state index contributed by atoms with van der Waals surface area (Å²) in [6.07, 6.45) is 0. The van der Waals surface area contributed by atoms with Gasteiger partial charge >= 0.3 is 0 Å². The van der Waals surface area contributed by atoms with E-state index >= 15 is 0 Å². The maximum Gasteiger partial charge on any atom is 0.242 e. The summed E-state index contributed by atoms with van der Waals surface area (Å²) in [6.45, 7) is 1.81. The highest BCUT2D eigenvalue weighted by Gasteiger charge is 2.18. The van der Waals surface area contributed by atoms with Gasteiger partial charge in [-0.05, 0) is 37.3 Å². The van der Waals surface area contributed by atoms with E-state index in [9.17, 15) is 8.42 Å². The lowest BCUT2D eigenvalue weighted by Gasteiger charge is -2.07. The third kappa shape index (κ3) is 3.20. The van der Waals surface area contributed by atoms with E-state index in [1.807, 2.05) is 6.07 Å². The summed E-state index contributed by atoms with van der Waals surface area (Å²) in [5.74, 6) is 1.21. The van der Waals surface area contributed by atoms with Crippen LogP contribution in [0.4, 0.5) is 0 Å². The van der Waals surface area contributed by atoms with E-state index in [0.717, 1.165) is 0 Å². The first-order chi connectivity index (χ1) is 9.42. The number of furan rings is 1. The molecule has 7 heteroatoms. The molecule has 2 rings (SSSR count). The molecule has 2 aromatic rings. The Kier molecular flexibility index (Phi) is 4.14. The monoisotopic (exact) mass is 310 g/mol. The Balaban J connectivity index is 2.20. The summed E-state index contributed by atoms with van der Waals surface area (Å²) in [5.41, 5.74) is 0.301. The summed E-state index contributed by atoms with van der Waals surface area (Å²) in [7, 11) is -3.76. The van der Waals surface area contributed by atoms with Crippen molar-refractivity contribution in [1.29, 1.82) is 5.26 Å². The fourth-order valence-corrected chi connectivity index (χ4v) is 3.15. The zero-order chi connectivity index (χ0) is 14.8. The van der Waals surface area contributed by atoms with E-state index in [2.05, 4.69) is 4.72 Å². The Morgan fingerprint density at radius 3 is 2.65 bits per heavy atom. The zero-order valence-electron chi connectivity index (χ0n) is 10.6. The molecule has 0 amide bonds. The van der Waals surface area contributed by atoms with Gasteiger partial charge in [-0.3, -0.25) is 0 Å². The molecule has 5 nitrogen and oxygen atoms in total. The molecule has 0 aliphatic rings. The molecular formula is C13H11ClN2O3S. The highest BCUT2D eigenvalue weighted by molar-refractivity contribution is 7.89. The van der Waals surface area contributed by atoms with Crippen molar-refractivity contribution in [1.82, 2.24) is 4.72 Å². The van der Waals surface area contributed by atoms with Crippen molar-refractivity contribution in [2.24, 2.45) is 0 Å². The van der Waals surface area contributed by atoms with Crippen LogP contribution in [0, 0.1) is 18.3 Å². The topological polar surface area (TPSA) is 83.1 Å². The van der Waals surface area contributed by atoms with E-state index in [4.69, 9.17) is 21.3 Å². The van der Waals surface area contributed by atoms with Crippen molar-refractivity contribution < 1.29 is 12.8 Å². The van der Waals surface area contributed by atoms with Crippen molar-refractivity contribution in [2.75, 3.05) is 0 Å². The smallest absolute Gasteiger partial charge is 0.242 e. The number of hydrogen-bond acceptors (Lipinski definition) is 4. The van der Waals surface area contributed by atoms with Crippen LogP contribution in [0.2, 0.25) is 5.02 Å². The summed E-state index contributed by atoms with van der Waals surface area (Å²) in [6, 6.07) is 9.35. The molecule has 1 heterocycles. The molecule has 0 saturated carbocycles. The average molecular weight is 311 g/mol. The number of nitrogens with zero attached hydrogens (tertiary/aromatic N) is 1. The number of aryl methyl sites for hydroxylation is 1. The summed E-state index contributed by atoms with van der Waals surface area (Å²) < 4.78 is 31.9. The minimum Gasteiger partial charge on any atom is -0.465 e. The molecule has 0 aliphatic carbocycles. The number of nitriles is 1. The quantitative estimate of drug-likeness (QED) is 0.940. The maximum absolute atomic E-state index is 12.1. The summed E-state index contributed by atoms with van der Waals surface area (Å²) >= 11 is 5.88. The van der Waals surface area contributed by atoms with Crippen molar-refractivity contribution in [3.05, 3.63) is 52.4 Å². The van der Waals surface area contributed by atoms with Gasteiger partial charge in [-0.25, -0.2) is 13.1 Å². The molecule has 0 radical (unpaired) electrons. The number of hydrogen-bond donors (Lipinski definition) is 1. The van der Waals surface area contributed by atoms with E-state index in [1.165, 1.54) is 18.2 Å². The third-order valence-electron chi connectivity index (χ3n) is 2.58. The van der Waals surface area contributed by atoms with E-state index in [0.29, 0.717) is 17.1 Å². The SMILES string of the molecule is Cc1ccc(CNS(=O)(=O)c2ccc(C#N)cc2Cl)o1. The molecule has 0 spiro atoms. The van der Waals surface area contributed by atoms with Crippen LogP contribution in [-0.4, -0.2) is 8.42 Å². The molecule has 0 fully saturated rings. The largest absolute Gasteiger partial charge is 0.465 e. The molecule has 1 aromatic heterocycles. The second-order valence-corrected chi connectivity index (χ2v) is 6.24. The maximum atomic E-state index is 12.1. The normalized spacial score (nSPS) is 11.2. The van der Waals surface area contributed by atoms with Crippen LogP contribution in [0.5, 0.6) is 0 Å². The minimum absolute atomic E-state index is 0.00664. The highest BCUT2D eigenvalue weighted by atomic mass is 35.5. The standard InChI is InChI=1S/C13H11ClN2O3S/c1-9-2-4-11(19-9)8-16-20(17,18)13-5-3-10(7-15)6-12(13)14/h2-6,16H,8H2,1H3. The lowest BCUT2D eigenvalue weighted by molar-refractivity contribution is 0.475. The van der Waals surface area contributed by atoms with Gasteiger partial charge in [0, 0.05) is 0 Å². The molecule has 1 aromatic carbocycles. The molecule has 0 atom stereocenters. The lowest BCUT2D eigenvalue weighted by Crippen LogP contribution is -2.23. The van der Waals surface area contributed by atoms with Crippen LogP contribution < -0.4 is 4.72 Å². The van der Waals surface area contributed by atoms with Crippen LogP contribution in [0.25, 0.3) is 0 Å². The number of halogens is 1. The van der Waals surface area contributed by atoms with E-state index < -0.39 is 10.0 Å². The second kappa shape index (κ2) is 5.67. The van der Waals surface area contributed by atoms with Gasteiger partial charge in [0.15, 0.2) is 0 Å². The van der Waals surface area contributed by atoms with E-state index in [1.54, 1.807) is 19.1 Å². The van der Waals surface area contributed by atoms with Gasteiger partial charge in [0.05, 0.1) is 23.2 Å². The number of nitrogens with one attached hydrogen (secondary N) is 1. The summed E-state index contributed by atoms with van der Waals surface area (Å²) in [5, 5.41) is 8.73. The molecule has 104 valence electrons. The molecular weight excluding hydrogens is 300 g/mol. The van der Waals surface area contributed by atoms with Gasteiger partial charge in [-0.15, -0.1) is 0 Å². The fraction of sp³-hybridized carbons (Fsp3) is 0.154. The predicted molar refractivity (Wildman–Crippen MR) is 73.6 cm³/mol. The van der Waals surface area contributed by atoms with Gasteiger partial charge in [0.2, 0.25) is 10.0 Å². The van der Waals surface area contributed by atoms with Crippen molar-refractivity contribution >= 4 is 21.6 Å². The molecule has 0 saturated heterocycles. The van der Waals surface area contributed by atoms with Crippen LogP contribution in [0.1, 0.15) is 17.1 Å². The van der Waals surface area contributed by atoms with Crippen LogP contribution in [-0.2, 0) is 16.6 Å². The van der Waals surface area contributed by atoms with Crippen molar-refractivity contribution in [3.8, 4) is 6.07 Å². The zero-order valence-corrected chi connectivity index (χ0v) is 12.1. The lowest BCUT2D eigenvalue weighted by atomic mass is 10.2. The first-order valence-electron chi connectivity index (χ1n) is 5.67. The Morgan fingerprint density at radius 2 is 2.10 bits per heavy atom. The van der Waals surface area contributed by atoms with Crippen molar-refractivity contribution in [3.63, 3.8) is 0 Å². The third-order valence-corrected chi connectivity index (χ3v) is 4.47. The van der Waals surface area contributed by atoms with Crippen LogP contribution in [0.15, 0.2) is 39.6 Å². The number of sulfonamides is 1. The first-order valence-corrected chi connectivity index (χ1v) is 7.53. The number of benzene rings is 1. The minimum atomic E-state index is -3.76. The molecule has 20 heavy (non-hydrogen) atoms. The second-order valence-electron chi connectivity index (χ2n) is 4.09. The highest BCUT2D eigenvalue weighted by Crippen LogP contribution is 2.22. The Labute approximate surface area is 121 Å². The average Bonchev–Trinajstić information content (AvgIpc) is 2.82. The van der Waals surface area contributed by atoms with Gasteiger partial charge in [-0.2, -0.15) is 5.26 Å². The van der Waals surface area contributed by atoms with E-state index in [-0.39, 0.29) is 16.5 Å².